The van der Waals surface area contributed by atoms with Crippen molar-refractivity contribution >= 4 is 23.2 Å². The molecule has 2 amide bonds. The van der Waals surface area contributed by atoms with Crippen LogP contribution in [-0.4, -0.2) is 102 Å². The minimum absolute atomic E-state index is 0.0105. The molecule has 0 unspecified atom stereocenters. The highest BCUT2D eigenvalue weighted by Crippen LogP contribution is 2.47. The number of allylic oxidation sites excluding steroid dienone is 1. The molecule has 15 nitrogen and oxygen atoms in total. The first-order valence-electron chi connectivity index (χ1n) is 15.1. The van der Waals surface area contributed by atoms with Crippen LogP contribution in [0.4, 0.5) is 11.4 Å². The first-order valence-corrected chi connectivity index (χ1v) is 15.1. The highest BCUT2D eigenvalue weighted by atomic mass is 16.6. The molecule has 0 bridgehead atoms. The molecular weight excluding hydrogens is 614 g/mol. The zero-order valence-corrected chi connectivity index (χ0v) is 25.9. The van der Waals surface area contributed by atoms with E-state index in [4.69, 9.17) is 14.6 Å². The lowest BCUT2D eigenvalue weighted by Crippen LogP contribution is -2.60. The van der Waals surface area contributed by atoms with Crippen LogP contribution in [-0.2, 0) is 39.4 Å². The number of amides is 2. The van der Waals surface area contributed by atoms with Gasteiger partial charge in [-0.25, -0.2) is 0 Å². The van der Waals surface area contributed by atoms with Crippen molar-refractivity contribution in [3.63, 3.8) is 0 Å². The Hall–Kier alpha value is -4.22. The van der Waals surface area contributed by atoms with E-state index in [1.165, 1.54) is 12.0 Å². The highest BCUT2D eigenvalue weighted by molar-refractivity contribution is 6.07. The minimum Gasteiger partial charge on any atom is -0.497 e. The van der Waals surface area contributed by atoms with Crippen molar-refractivity contribution in [2.24, 2.45) is 5.92 Å². The molecule has 7 atom stereocenters. The normalized spacial score (nSPS) is 26.4. The molecule has 1 fully saturated rings. The molecular formula is C32H39N5O10. The van der Waals surface area contributed by atoms with Crippen LogP contribution in [0.3, 0.4) is 0 Å². The summed E-state index contributed by atoms with van der Waals surface area (Å²) >= 11 is 0. The molecule has 3 heterocycles. The van der Waals surface area contributed by atoms with Gasteiger partial charge in [-0.1, -0.05) is 36.4 Å². The largest absolute Gasteiger partial charge is 0.497 e. The van der Waals surface area contributed by atoms with Gasteiger partial charge < -0.3 is 50.3 Å². The summed E-state index contributed by atoms with van der Waals surface area (Å²) in [7, 11) is 1.50. The van der Waals surface area contributed by atoms with E-state index in [0.717, 1.165) is 0 Å². The highest BCUT2D eigenvalue weighted by Gasteiger charge is 2.52. The zero-order valence-electron chi connectivity index (χ0n) is 25.9. The number of aryl methyl sites for hydroxylation is 1. The van der Waals surface area contributed by atoms with E-state index in [1.807, 2.05) is 6.08 Å². The second-order valence-corrected chi connectivity index (χ2v) is 11.6. The Balaban J connectivity index is 1.28. The molecule has 2 aliphatic heterocycles. The second kappa shape index (κ2) is 14.3. The van der Waals surface area contributed by atoms with Crippen LogP contribution in [0.15, 0.2) is 60.8 Å². The Morgan fingerprint density at radius 3 is 2.57 bits per heavy atom. The van der Waals surface area contributed by atoms with E-state index in [0.29, 0.717) is 53.3 Å². The first-order chi connectivity index (χ1) is 22.5. The van der Waals surface area contributed by atoms with Crippen LogP contribution in [0, 0.1) is 5.92 Å². The number of methoxy groups -OCH3 is 1. The van der Waals surface area contributed by atoms with Crippen molar-refractivity contribution in [1.29, 1.82) is 0 Å². The quantitative estimate of drug-likeness (QED) is 0.124. The fourth-order valence-electron chi connectivity index (χ4n) is 5.70. The molecule has 0 spiro atoms. The third kappa shape index (κ3) is 6.92. The van der Waals surface area contributed by atoms with Gasteiger partial charge in [0.2, 0.25) is 0 Å². The van der Waals surface area contributed by atoms with Gasteiger partial charge in [0, 0.05) is 42.9 Å². The topological polar surface area (TPSA) is 220 Å². The number of carbonyl (C=O) groups is 2. The average molecular weight is 654 g/mol. The Morgan fingerprint density at radius 2 is 1.87 bits per heavy atom. The van der Waals surface area contributed by atoms with Crippen molar-refractivity contribution in [2.45, 2.75) is 69.2 Å². The summed E-state index contributed by atoms with van der Waals surface area (Å²) in [6.45, 7) is 2.39. The molecule has 3 aromatic rings. The summed E-state index contributed by atoms with van der Waals surface area (Å²) in [6, 6.07) is 11.6. The maximum Gasteiger partial charge on any atom is 0.264 e. The van der Waals surface area contributed by atoms with Crippen LogP contribution < -0.4 is 15.0 Å². The van der Waals surface area contributed by atoms with E-state index in [2.05, 4.69) is 15.6 Å². The van der Waals surface area contributed by atoms with Gasteiger partial charge in [-0.05, 0) is 42.3 Å². The van der Waals surface area contributed by atoms with Gasteiger partial charge in [0.1, 0.15) is 24.1 Å². The van der Waals surface area contributed by atoms with Crippen molar-refractivity contribution in [1.82, 2.24) is 15.0 Å². The number of rotatable bonds is 12. The lowest BCUT2D eigenvalue weighted by molar-refractivity contribution is -0.274. The number of hydrogen-bond donors (Lipinski definition) is 7. The molecule has 1 saturated heterocycles. The van der Waals surface area contributed by atoms with Gasteiger partial charge in [-0.15, -0.1) is 5.10 Å². The summed E-state index contributed by atoms with van der Waals surface area (Å²) in [5.74, 6) is -1.48. The maximum atomic E-state index is 13.9. The summed E-state index contributed by atoms with van der Waals surface area (Å²) in [4.78, 5) is 28.1. The number of fused-ring (bicyclic) bond motifs is 1. The third-order valence-electron chi connectivity index (χ3n) is 8.45. The minimum atomic E-state index is -1.88. The Labute approximate surface area is 270 Å². The monoisotopic (exact) mass is 653 g/mol. The number of hydrogen-bond acceptors (Lipinski definition) is 12. The number of nitrogens with zero attached hydrogens (tertiary/aromatic N) is 4. The van der Waals surface area contributed by atoms with Gasteiger partial charge >= 0.3 is 0 Å². The number of benzene rings is 2. The number of nitrogens with one attached hydrogen (secondary N) is 1. The average Bonchev–Trinajstić information content (AvgIpc) is 3.60. The standard InChI is InChI=1S/C32H39N5O10/c1-18(5-3-4-13-36-17-21(12-14-38)34-35-36)32(45)23-15-22(46-2)10-11-24(23)37(31(32)44)16-19-6-8-20(9-7-19)33-29(42)28-26(40)25(39)27(41)30(43)47-28/h3,5-11,15,17-18,25-28,30,38-41,43,45H,4,12-14,16H2,1-2H3,(H,33,42)/b5-3+/t18-,25-,26-,27+,28-,30+,32+/m0/s1. The van der Waals surface area contributed by atoms with Crippen LogP contribution in [0.2, 0.25) is 0 Å². The zero-order chi connectivity index (χ0) is 33.9. The summed E-state index contributed by atoms with van der Waals surface area (Å²) in [6.07, 6.45) is -2.35. The lowest BCUT2D eigenvalue weighted by atomic mass is 9.83. The number of carbonyl (C=O) groups excluding carboxylic acids is 2. The fraction of sp³-hybridized carbons (Fsp3) is 0.438. The Kier molecular flexibility index (Phi) is 10.4. The van der Waals surface area contributed by atoms with Crippen LogP contribution in [0.25, 0.3) is 0 Å². The molecule has 0 saturated carbocycles. The van der Waals surface area contributed by atoms with Gasteiger partial charge in [-0.2, -0.15) is 0 Å². The number of aromatic nitrogens is 3. The van der Waals surface area contributed by atoms with E-state index < -0.39 is 54.0 Å². The smallest absolute Gasteiger partial charge is 0.264 e. The van der Waals surface area contributed by atoms with Crippen molar-refractivity contribution in [2.75, 3.05) is 23.9 Å². The van der Waals surface area contributed by atoms with E-state index in [-0.39, 0.29) is 13.2 Å². The van der Waals surface area contributed by atoms with Crippen molar-refractivity contribution in [3.05, 3.63) is 77.6 Å². The molecule has 0 aliphatic carbocycles. The molecule has 5 rings (SSSR count). The van der Waals surface area contributed by atoms with E-state index in [1.54, 1.807) is 66.3 Å². The van der Waals surface area contributed by atoms with Gasteiger partial charge in [0.25, 0.3) is 11.8 Å². The predicted molar refractivity (Wildman–Crippen MR) is 166 cm³/mol. The molecule has 1 aromatic heterocycles. The number of ether oxygens (including phenoxy) is 2. The maximum absolute atomic E-state index is 13.9. The molecule has 2 aliphatic rings. The van der Waals surface area contributed by atoms with E-state index >= 15 is 0 Å². The number of aliphatic hydroxyl groups excluding tert-OH is 5. The van der Waals surface area contributed by atoms with Crippen molar-refractivity contribution < 1.29 is 49.7 Å². The molecule has 47 heavy (non-hydrogen) atoms. The summed E-state index contributed by atoms with van der Waals surface area (Å²) in [5.41, 5.74) is 0.748. The van der Waals surface area contributed by atoms with Crippen LogP contribution in [0.1, 0.15) is 30.2 Å². The van der Waals surface area contributed by atoms with Gasteiger partial charge in [0.05, 0.1) is 25.0 Å². The lowest BCUT2D eigenvalue weighted by Gasteiger charge is -2.37. The van der Waals surface area contributed by atoms with Crippen LogP contribution >= 0.6 is 0 Å². The predicted octanol–water partition coefficient (Wildman–Crippen LogP) is -0.423. The molecule has 15 heteroatoms. The Morgan fingerprint density at radius 1 is 1.13 bits per heavy atom. The molecule has 0 radical (unpaired) electrons. The molecule has 252 valence electrons. The third-order valence-corrected chi connectivity index (χ3v) is 8.45. The first kappa shape index (κ1) is 34.1. The van der Waals surface area contributed by atoms with Gasteiger partial charge in [0.15, 0.2) is 18.0 Å². The summed E-state index contributed by atoms with van der Waals surface area (Å²) in [5, 5.41) is 71.0. The van der Waals surface area contributed by atoms with Gasteiger partial charge in [-0.3, -0.25) is 14.3 Å². The van der Waals surface area contributed by atoms with E-state index in [9.17, 15) is 35.1 Å². The molecule has 7 N–H and O–H groups in total. The summed E-state index contributed by atoms with van der Waals surface area (Å²) < 4.78 is 12.0. The SMILES string of the molecule is COc1ccc2c(c1)[C@](O)([C@@H](C)/C=C/CCn1cc(CCO)nn1)C(=O)N2Cc1ccc(NC(=O)[C@H]2O[C@@H](O)[C@H](O)[C@@H](O)[C@@H]2O)cc1. The fourth-order valence-corrected chi connectivity index (χ4v) is 5.70. The second-order valence-electron chi connectivity index (χ2n) is 11.6. The number of aliphatic hydroxyl groups is 6. The van der Waals surface area contributed by atoms with Crippen LogP contribution in [0.5, 0.6) is 5.75 Å². The Bertz CT molecular complexity index is 1600. The van der Waals surface area contributed by atoms with Crippen molar-refractivity contribution in [3.8, 4) is 5.75 Å². The number of anilines is 2. The molecule has 2 aromatic carbocycles.